The van der Waals surface area contributed by atoms with E-state index in [0.717, 1.165) is 6.92 Å². The van der Waals surface area contributed by atoms with Gasteiger partial charge in [-0.1, -0.05) is 18.2 Å². The summed E-state index contributed by atoms with van der Waals surface area (Å²) in [5, 5.41) is 0. The van der Waals surface area contributed by atoms with Gasteiger partial charge in [-0.2, -0.15) is 17.6 Å². The molecule has 1 aliphatic rings. The lowest BCUT2D eigenvalue weighted by Gasteiger charge is -2.25. The third-order valence-corrected chi connectivity index (χ3v) is 5.61. The Balaban J connectivity index is 1.71. The predicted octanol–water partition coefficient (Wildman–Crippen LogP) is 7.25. The number of carbonyl (C=O) groups excluding carboxylic acids is 1. The standard InChI is InChI=1S/C26H20F6N2O3/c1-26(31,32)16-4-2-3-15(13-16)22-14-21(33-17-5-9-19(10-6-17)36-24(27)28)23(35)34(22)18-7-11-20(12-8-18)37-25(29)30/h2-13,22,24-25H,14H2,1H3. The molecule has 11 heteroatoms. The SMILES string of the molecule is CC(F)(F)c1cccc(C2CC(=Nc3ccc(OC(F)F)cc3)C(=O)N2c2ccc(OC(F)F)cc2)c1. The molecule has 0 bridgehead atoms. The highest BCUT2D eigenvalue weighted by Gasteiger charge is 2.39. The molecule has 0 saturated carbocycles. The molecule has 194 valence electrons. The fourth-order valence-corrected chi connectivity index (χ4v) is 3.97. The van der Waals surface area contributed by atoms with Crippen LogP contribution in [0.4, 0.5) is 37.7 Å². The smallest absolute Gasteiger partial charge is 0.387 e. The van der Waals surface area contributed by atoms with Crippen molar-refractivity contribution in [1.29, 1.82) is 0 Å². The summed E-state index contributed by atoms with van der Waals surface area (Å²) in [5.74, 6) is -3.85. The van der Waals surface area contributed by atoms with Crippen LogP contribution < -0.4 is 14.4 Å². The van der Waals surface area contributed by atoms with Crippen molar-refractivity contribution in [3.05, 3.63) is 83.9 Å². The van der Waals surface area contributed by atoms with Crippen molar-refractivity contribution in [2.24, 2.45) is 4.99 Å². The normalized spacial score (nSPS) is 17.2. The molecule has 0 radical (unpaired) electrons. The Hall–Kier alpha value is -4.02. The molecule has 3 aromatic carbocycles. The molecular formula is C26H20F6N2O3. The van der Waals surface area contributed by atoms with Gasteiger partial charge in [0.15, 0.2) is 0 Å². The summed E-state index contributed by atoms with van der Waals surface area (Å²) in [6, 6.07) is 15.6. The molecule has 1 atom stereocenters. The van der Waals surface area contributed by atoms with Crippen LogP contribution in [0.25, 0.3) is 0 Å². The fraction of sp³-hybridized carbons (Fsp3) is 0.231. The van der Waals surface area contributed by atoms with Crippen LogP contribution in [-0.2, 0) is 10.7 Å². The van der Waals surface area contributed by atoms with Crippen LogP contribution in [0, 0.1) is 0 Å². The number of halogens is 6. The van der Waals surface area contributed by atoms with Crippen molar-refractivity contribution in [3.63, 3.8) is 0 Å². The highest BCUT2D eigenvalue weighted by atomic mass is 19.3. The van der Waals surface area contributed by atoms with Gasteiger partial charge >= 0.3 is 13.2 Å². The van der Waals surface area contributed by atoms with Crippen LogP contribution in [0.1, 0.15) is 30.5 Å². The van der Waals surface area contributed by atoms with Crippen LogP contribution in [-0.4, -0.2) is 24.8 Å². The van der Waals surface area contributed by atoms with E-state index in [1.165, 1.54) is 71.6 Å². The Morgan fingerprint density at radius 3 is 2.00 bits per heavy atom. The zero-order chi connectivity index (χ0) is 26.7. The lowest BCUT2D eigenvalue weighted by Crippen LogP contribution is -2.29. The maximum Gasteiger partial charge on any atom is 0.387 e. The molecule has 1 fully saturated rings. The summed E-state index contributed by atoms with van der Waals surface area (Å²) >= 11 is 0. The van der Waals surface area contributed by atoms with Crippen LogP contribution >= 0.6 is 0 Å². The molecule has 1 amide bonds. The molecule has 1 heterocycles. The first kappa shape index (κ1) is 26.1. The second kappa shape index (κ2) is 10.5. The summed E-state index contributed by atoms with van der Waals surface area (Å²) in [6.45, 7) is -5.26. The number of amides is 1. The van der Waals surface area contributed by atoms with E-state index >= 15 is 0 Å². The van der Waals surface area contributed by atoms with E-state index < -0.39 is 31.1 Å². The predicted molar refractivity (Wildman–Crippen MR) is 124 cm³/mol. The second-order valence-corrected chi connectivity index (χ2v) is 8.21. The van der Waals surface area contributed by atoms with Gasteiger partial charge in [-0.15, -0.1) is 0 Å². The number of aliphatic imine (C=N–C) groups is 1. The molecule has 5 nitrogen and oxygen atoms in total. The molecule has 0 spiro atoms. The highest BCUT2D eigenvalue weighted by molar-refractivity contribution is 6.46. The van der Waals surface area contributed by atoms with Crippen molar-refractivity contribution in [2.45, 2.75) is 38.5 Å². The topological polar surface area (TPSA) is 51.1 Å². The van der Waals surface area contributed by atoms with Crippen LogP contribution in [0.15, 0.2) is 77.8 Å². The van der Waals surface area contributed by atoms with Crippen LogP contribution in [0.3, 0.4) is 0 Å². The van der Waals surface area contributed by atoms with Gasteiger partial charge in [-0.25, -0.2) is 13.8 Å². The second-order valence-electron chi connectivity index (χ2n) is 8.21. The monoisotopic (exact) mass is 522 g/mol. The number of rotatable bonds is 8. The molecule has 0 aromatic heterocycles. The van der Waals surface area contributed by atoms with E-state index in [-0.39, 0.29) is 29.2 Å². The average Bonchev–Trinajstić information content (AvgIpc) is 3.15. The molecule has 4 rings (SSSR count). The number of alkyl halides is 6. The number of benzene rings is 3. The first-order valence-electron chi connectivity index (χ1n) is 11.0. The van der Waals surface area contributed by atoms with Crippen LogP contribution in [0.5, 0.6) is 11.5 Å². The minimum absolute atomic E-state index is 0.0438. The van der Waals surface area contributed by atoms with E-state index in [1.54, 1.807) is 6.07 Å². The van der Waals surface area contributed by atoms with Crippen molar-refractivity contribution in [1.82, 2.24) is 0 Å². The molecule has 37 heavy (non-hydrogen) atoms. The zero-order valence-corrected chi connectivity index (χ0v) is 19.3. The number of hydrogen-bond donors (Lipinski definition) is 0. The van der Waals surface area contributed by atoms with Crippen molar-refractivity contribution in [2.75, 3.05) is 4.90 Å². The molecular weight excluding hydrogens is 502 g/mol. The number of hydrogen-bond acceptors (Lipinski definition) is 4. The lowest BCUT2D eigenvalue weighted by molar-refractivity contribution is -0.112. The lowest BCUT2D eigenvalue weighted by atomic mass is 9.99. The highest BCUT2D eigenvalue weighted by Crippen LogP contribution is 2.39. The van der Waals surface area contributed by atoms with E-state index in [9.17, 15) is 31.1 Å². The van der Waals surface area contributed by atoms with E-state index in [1.807, 2.05) is 0 Å². The Kier molecular flexibility index (Phi) is 7.42. The molecule has 0 N–H and O–H groups in total. The first-order valence-corrected chi connectivity index (χ1v) is 11.0. The minimum atomic E-state index is -3.11. The van der Waals surface area contributed by atoms with E-state index in [2.05, 4.69) is 14.5 Å². The maximum absolute atomic E-state index is 14.0. The Bertz CT molecular complexity index is 1270. The van der Waals surface area contributed by atoms with Crippen molar-refractivity contribution >= 4 is 23.0 Å². The van der Waals surface area contributed by atoms with Gasteiger partial charge in [-0.05, 0) is 60.2 Å². The van der Waals surface area contributed by atoms with Gasteiger partial charge < -0.3 is 9.47 Å². The number of ether oxygens (including phenoxy) is 2. The molecule has 3 aromatic rings. The largest absolute Gasteiger partial charge is 0.435 e. The van der Waals surface area contributed by atoms with Crippen molar-refractivity contribution in [3.8, 4) is 11.5 Å². The molecule has 1 unspecified atom stereocenters. The first-order chi connectivity index (χ1) is 17.5. The van der Waals surface area contributed by atoms with E-state index in [0.29, 0.717) is 16.9 Å². The summed E-state index contributed by atoms with van der Waals surface area (Å²) in [7, 11) is 0. The zero-order valence-electron chi connectivity index (χ0n) is 19.3. The third kappa shape index (κ3) is 6.22. The van der Waals surface area contributed by atoms with Crippen LogP contribution in [0.2, 0.25) is 0 Å². The fourth-order valence-electron chi connectivity index (χ4n) is 3.97. The number of nitrogens with zero attached hydrogens (tertiary/aromatic N) is 2. The number of anilines is 1. The van der Waals surface area contributed by atoms with Gasteiger partial charge in [0.1, 0.15) is 17.2 Å². The minimum Gasteiger partial charge on any atom is -0.435 e. The van der Waals surface area contributed by atoms with Gasteiger partial charge in [0.05, 0.1) is 11.7 Å². The Morgan fingerprint density at radius 2 is 1.46 bits per heavy atom. The number of carbonyl (C=O) groups is 1. The van der Waals surface area contributed by atoms with E-state index in [4.69, 9.17) is 0 Å². The third-order valence-electron chi connectivity index (χ3n) is 5.61. The summed E-state index contributed by atoms with van der Waals surface area (Å²) in [5.41, 5.74) is 0.884. The van der Waals surface area contributed by atoms with Gasteiger partial charge in [0, 0.05) is 24.6 Å². The molecule has 1 saturated heterocycles. The Labute approximate surface area is 207 Å². The van der Waals surface area contributed by atoms with Gasteiger partial charge in [0.25, 0.3) is 11.8 Å². The van der Waals surface area contributed by atoms with Gasteiger partial charge in [0.2, 0.25) is 0 Å². The summed E-state index contributed by atoms with van der Waals surface area (Å²) in [6.07, 6.45) is 0.0438. The quantitative estimate of drug-likeness (QED) is 0.293. The average molecular weight is 522 g/mol. The maximum atomic E-state index is 14.0. The summed E-state index contributed by atoms with van der Waals surface area (Å²) in [4.78, 5) is 19.1. The molecule has 0 aliphatic carbocycles. The van der Waals surface area contributed by atoms with Gasteiger partial charge in [-0.3, -0.25) is 9.69 Å². The summed E-state index contributed by atoms with van der Waals surface area (Å²) < 4.78 is 86.6. The van der Waals surface area contributed by atoms with Crippen molar-refractivity contribution < 1.29 is 40.6 Å². The Morgan fingerprint density at radius 1 is 0.892 bits per heavy atom. The molecule has 1 aliphatic heterocycles.